The summed E-state index contributed by atoms with van der Waals surface area (Å²) in [5.74, 6) is 0.863. The van der Waals surface area contributed by atoms with Crippen molar-refractivity contribution in [1.82, 2.24) is 0 Å². The third-order valence-corrected chi connectivity index (χ3v) is 1.41. The summed E-state index contributed by atoms with van der Waals surface area (Å²) in [4.78, 5) is 0. The predicted molar refractivity (Wildman–Crippen MR) is 46.5 cm³/mol. The third-order valence-electron chi connectivity index (χ3n) is 0.470. The second-order valence-corrected chi connectivity index (χ2v) is 2.63. The van der Waals surface area contributed by atoms with E-state index in [9.17, 15) is 0 Å². The molecule has 0 aromatic rings. The fraction of sp³-hybridized carbons (Fsp3) is 0.750. The minimum atomic E-state index is 0. The van der Waals surface area contributed by atoms with Crippen LogP contribution in [0.25, 0.3) is 0 Å². The summed E-state index contributed by atoms with van der Waals surface area (Å²) in [6.45, 7) is 2.33. The molecule has 0 saturated heterocycles. The molecule has 0 heterocycles. The molecule has 0 spiro atoms. The molecule has 0 amide bonds. The van der Waals surface area contributed by atoms with Crippen LogP contribution < -0.4 is 5.73 Å². The van der Waals surface area contributed by atoms with Crippen LogP contribution in [0.2, 0.25) is 0 Å². The standard InChI is InChI=1S/C4H11NOS.BrH/c1-4(6)7-3-2-5;/h6-7H,2-3,5H2,1H3;1H. The number of rotatable bonds is 2. The van der Waals surface area contributed by atoms with Gasteiger partial charge in [-0.15, -0.1) is 17.0 Å². The fourth-order valence-electron chi connectivity index (χ4n) is 0.226. The molecule has 0 atom stereocenters. The largest absolute Gasteiger partial charge is 0.360 e. The van der Waals surface area contributed by atoms with Crippen molar-refractivity contribution in [2.75, 3.05) is 12.3 Å². The zero-order valence-corrected chi connectivity index (χ0v) is 7.40. The SMILES string of the molecule is Br.CC(O)=[SH]CCN. The van der Waals surface area contributed by atoms with Crippen LogP contribution in [0.1, 0.15) is 6.92 Å². The molecular weight excluding hydrogens is 190 g/mol. The van der Waals surface area contributed by atoms with Gasteiger partial charge >= 0.3 is 0 Å². The van der Waals surface area contributed by atoms with Crippen molar-refractivity contribution in [3.63, 3.8) is 0 Å². The van der Waals surface area contributed by atoms with Crippen LogP contribution in [0.3, 0.4) is 0 Å². The van der Waals surface area contributed by atoms with E-state index >= 15 is 0 Å². The van der Waals surface area contributed by atoms with E-state index in [2.05, 4.69) is 0 Å². The molecule has 0 fully saturated rings. The monoisotopic (exact) mass is 201 g/mol. The van der Waals surface area contributed by atoms with E-state index in [1.54, 1.807) is 6.92 Å². The molecule has 4 heteroatoms. The van der Waals surface area contributed by atoms with Crippen LogP contribution in [0.4, 0.5) is 0 Å². The number of hydrogen-bond donors (Lipinski definition) is 3. The van der Waals surface area contributed by atoms with Crippen molar-refractivity contribution in [1.29, 1.82) is 0 Å². The second-order valence-electron chi connectivity index (χ2n) is 1.22. The molecule has 0 aromatic carbocycles. The van der Waals surface area contributed by atoms with Crippen LogP contribution >= 0.6 is 28.3 Å². The maximum atomic E-state index is 8.53. The average molecular weight is 202 g/mol. The van der Waals surface area contributed by atoms with E-state index in [4.69, 9.17) is 10.8 Å². The number of hydrogen-bond acceptors (Lipinski definition) is 1. The van der Waals surface area contributed by atoms with Crippen molar-refractivity contribution in [3.05, 3.63) is 0 Å². The Labute approximate surface area is 63.8 Å². The summed E-state index contributed by atoms with van der Waals surface area (Å²) >= 11 is 0.957. The molecule has 0 saturated carbocycles. The number of nitrogens with two attached hydrogens (primary N) is 1. The van der Waals surface area contributed by atoms with E-state index in [0.29, 0.717) is 11.6 Å². The van der Waals surface area contributed by atoms with E-state index in [-0.39, 0.29) is 17.0 Å². The molecule has 0 aliphatic carbocycles. The van der Waals surface area contributed by atoms with Gasteiger partial charge in [-0.25, -0.2) is 0 Å². The van der Waals surface area contributed by atoms with E-state index in [1.165, 1.54) is 0 Å². The van der Waals surface area contributed by atoms with E-state index < -0.39 is 0 Å². The molecule has 2 nitrogen and oxygen atoms in total. The van der Waals surface area contributed by atoms with Crippen molar-refractivity contribution >= 4 is 33.4 Å². The minimum Gasteiger partial charge on any atom is -0.360 e. The summed E-state index contributed by atoms with van der Waals surface area (Å²) < 4.78 is 0. The highest BCUT2D eigenvalue weighted by atomic mass is 79.9. The topological polar surface area (TPSA) is 46.2 Å². The van der Waals surface area contributed by atoms with Gasteiger partial charge in [-0.3, -0.25) is 0 Å². The molecule has 0 rings (SSSR count). The fourth-order valence-corrected chi connectivity index (χ4v) is 0.679. The summed E-state index contributed by atoms with van der Waals surface area (Å²) in [5, 5.41) is 8.98. The molecule has 0 unspecified atom stereocenters. The zero-order chi connectivity index (χ0) is 5.70. The smallest absolute Gasteiger partial charge is 0.0664 e. The molecular formula is C4H12BrNOS. The third kappa shape index (κ3) is 9.80. The van der Waals surface area contributed by atoms with Crippen molar-refractivity contribution in [2.45, 2.75) is 6.92 Å². The maximum absolute atomic E-state index is 8.53. The lowest BCUT2D eigenvalue weighted by Gasteiger charge is -1.85. The molecule has 0 aliphatic rings. The first kappa shape index (κ1) is 11.4. The van der Waals surface area contributed by atoms with Crippen LogP contribution in [0.15, 0.2) is 0 Å². The molecule has 0 aliphatic heterocycles. The highest BCUT2D eigenvalue weighted by Crippen LogP contribution is 1.83. The lowest BCUT2D eigenvalue weighted by atomic mass is 10.8. The highest BCUT2D eigenvalue weighted by Gasteiger charge is 1.73. The molecule has 3 N–H and O–H groups in total. The van der Waals surface area contributed by atoms with Gasteiger partial charge in [0.1, 0.15) is 0 Å². The van der Waals surface area contributed by atoms with Gasteiger partial charge in [-0.05, 0) is 12.7 Å². The summed E-state index contributed by atoms with van der Waals surface area (Å²) in [5.41, 5.74) is 5.15. The lowest BCUT2D eigenvalue weighted by Crippen LogP contribution is -2.00. The van der Waals surface area contributed by atoms with Gasteiger partial charge in [0.15, 0.2) is 0 Å². The van der Waals surface area contributed by atoms with Crippen molar-refractivity contribution < 1.29 is 5.11 Å². The first-order chi connectivity index (χ1) is 3.27. The lowest BCUT2D eigenvalue weighted by molar-refractivity contribution is 0.564. The summed E-state index contributed by atoms with van der Waals surface area (Å²) in [7, 11) is 0. The Bertz CT molecular complexity index is 72.4. The molecule has 0 bridgehead atoms. The van der Waals surface area contributed by atoms with Gasteiger partial charge in [0, 0.05) is 6.54 Å². The number of aliphatic hydroxyl groups excluding tert-OH is 1. The van der Waals surface area contributed by atoms with Gasteiger partial charge in [-0.1, -0.05) is 0 Å². The molecule has 8 heavy (non-hydrogen) atoms. The minimum absolute atomic E-state index is 0. The Morgan fingerprint density at radius 1 is 1.75 bits per heavy atom. The molecule has 52 valence electrons. The zero-order valence-electron chi connectivity index (χ0n) is 4.79. The normalized spacial score (nSPS) is 11.6. The Morgan fingerprint density at radius 3 is 2.38 bits per heavy atom. The van der Waals surface area contributed by atoms with Crippen LogP contribution in [0, 0.1) is 0 Å². The van der Waals surface area contributed by atoms with Crippen molar-refractivity contribution in [2.24, 2.45) is 5.73 Å². The van der Waals surface area contributed by atoms with E-state index in [0.717, 1.165) is 17.1 Å². The number of thiol groups is 1. The summed E-state index contributed by atoms with van der Waals surface area (Å²) in [6.07, 6.45) is 0. The number of aliphatic hydroxyl groups is 1. The second kappa shape index (κ2) is 7.62. The van der Waals surface area contributed by atoms with Gasteiger partial charge in [0.25, 0.3) is 0 Å². The average Bonchev–Trinajstić information content (AvgIpc) is 1.61. The van der Waals surface area contributed by atoms with Crippen molar-refractivity contribution in [3.8, 4) is 0 Å². The van der Waals surface area contributed by atoms with Gasteiger partial charge in [0.05, 0.1) is 5.05 Å². The Morgan fingerprint density at radius 2 is 2.25 bits per heavy atom. The Kier molecular flexibility index (Phi) is 10.9. The van der Waals surface area contributed by atoms with Crippen LogP contribution in [-0.4, -0.2) is 22.5 Å². The summed E-state index contributed by atoms with van der Waals surface area (Å²) in [6, 6.07) is 0. The van der Waals surface area contributed by atoms with E-state index in [1.807, 2.05) is 0 Å². The van der Waals surface area contributed by atoms with Gasteiger partial charge < -0.3 is 10.8 Å². The highest BCUT2D eigenvalue weighted by molar-refractivity contribution is 8.93. The first-order valence-corrected chi connectivity index (χ1v) is 3.25. The molecule has 0 radical (unpaired) electrons. The Balaban J connectivity index is 0. The van der Waals surface area contributed by atoms with Gasteiger partial charge in [-0.2, -0.15) is 11.4 Å². The first-order valence-electron chi connectivity index (χ1n) is 2.17. The number of halogens is 1. The molecule has 0 aromatic heterocycles. The van der Waals surface area contributed by atoms with Crippen LogP contribution in [0.5, 0.6) is 0 Å². The quantitative estimate of drug-likeness (QED) is 0.456. The van der Waals surface area contributed by atoms with Gasteiger partial charge in [0.2, 0.25) is 0 Å². The van der Waals surface area contributed by atoms with Crippen LogP contribution in [-0.2, 0) is 0 Å². The maximum Gasteiger partial charge on any atom is 0.0664 e. The Hall–Kier alpha value is 0.620. The predicted octanol–water partition coefficient (Wildman–Crippen LogP) is 0.696.